The molecule has 134 valence electrons. The van der Waals surface area contributed by atoms with E-state index in [0.29, 0.717) is 27.3 Å². The van der Waals surface area contributed by atoms with Gasteiger partial charge in [-0.25, -0.2) is 13.8 Å². The number of carbonyl (C=O) groups is 1. The maximum atomic E-state index is 13.1. The van der Waals surface area contributed by atoms with Gasteiger partial charge in [-0.2, -0.15) is 0 Å². The van der Waals surface area contributed by atoms with Crippen LogP contribution in [0.2, 0.25) is 10.0 Å². The molecular weight excluding hydrogens is 385 g/mol. The lowest BCUT2D eigenvalue weighted by molar-refractivity contribution is -0.116. The topological polar surface area (TPSA) is 55.1 Å². The molecule has 0 aliphatic heterocycles. The SMILES string of the molecule is O=C(CCc1ncc(-c2ccc(Cl)cc2Cl)o1)Nc1ccc(F)c(F)c1. The van der Waals surface area contributed by atoms with Gasteiger partial charge in [0.05, 0.1) is 11.2 Å². The van der Waals surface area contributed by atoms with E-state index in [2.05, 4.69) is 10.3 Å². The zero-order valence-corrected chi connectivity index (χ0v) is 14.7. The summed E-state index contributed by atoms with van der Waals surface area (Å²) in [5, 5.41) is 3.42. The van der Waals surface area contributed by atoms with E-state index in [9.17, 15) is 13.6 Å². The van der Waals surface area contributed by atoms with Gasteiger partial charge in [0.15, 0.2) is 23.3 Å². The third kappa shape index (κ3) is 4.39. The molecule has 4 nitrogen and oxygen atoms in total. The molecule has 0 unspecified atom stereocenters. The quantitative estimate of drug-likeness (QED) is 0.619. The van der Waals surface area contributed by atoms with Crippen LogP contribution in [-0.2, 0) is 11.2 Å². The van der Waals surface area contributed by atoms with Crippen LogP contribution in [0.25, 0.3) is 11.3 Å². The fraction of sp³-hybridized carbons (Fsp3) is 0.111. The van der Waals surface area contributed by atoms with E-state index in [4.69, 9.17) is 27.6 Å². The van der Waals surface area contributed by atoms with Gasteiger partial charge >= 0.3 is 0 Å². The van der Waals surface area contributed by atoms with Gasteiger partial charge in [0.1, 0.15) is 0 Å². The van der Waals surface area contributed by atoms with Gasteiger partial charge in [-0.3, -0.25) is 4.79 Å². The third-order valence-electron chi connectivity index (χ3n) is 3.52. The average Bonchev–Trinajstić information content (AvgIpc) is 3.05. The van der Waals surface area contributed by atoms with Crippen molar-refractivity contribution in [3.63, 3.8) is 0 Å². The van der Waals surface area contributed by atoms with Crippen molar-refractivity contribution >= 4 is 34.8 Å². The number of anilines is 1. The fourth-order valence-electron chi connectivity index (χ4n) is 2.26. The van der Waals surface area contributed by atoms with E-state index in [0.717, 1.165) is 12.1 Å². The van der Waals surface area contributed by atoms with E-state index in [1.165, 1.54) is 12.3 Å². The minimum absolute atomic E-state index is 0.0628. The van der Waals surface area contributed by atoms with Crippen molar-refractivity contribution in [1.29, 1.82) is 0 Å². The fourth-order valence-corrected chi connectivity index (χ4v) is 2.76. The highest BCUT2D eigenvalue weighted by molar-refractivity contribution is 6.36. The first-order valence-electron chi connectivity index (χ1n) is 7.57. The average molecular weight is 397 g/mol. The van der Waals surface area contributed by atoms with Crippen LogP contribution in [0.3, 0.4) is 0 Å². The van der Waals surface area contributed by atoms with Gasteiger partial charge in [-0.05, 0) is 30.3 Å². The summed E-state index contributed by atoms with van der Waals surface area (Å²) in [5.41, 5.74) is 0.816. The smallest absolute Gasteiger partial charge is 0.224 e. The van der Waals surface area contributed by atoms with Crippen LogP contribution in [0.1, 0.15) is 12.3 Å². The van der Waals surface area contributed by atoms with Crippen molar-refractivity contribution in [1.82, 2.24) is 4.98 Å². The molecule has 3 rings (SSSR count). The summed E-state index contributed by atoms with van der Waals surface area (Å²) in [6.45, 7) is 0. The highest BCUT2D eigenvalue weighted by atomic mass is 35.5. The molecule has 3 aromatic rings. The van der Waals surface area contributed by atoms with Crippen molar-refractivity contribution < 1.29 is 18.0 Å². The molecule has 8 heteroatoms. The molecule has 0 saturated carbocycles. The second-order valence-corrected chi connectivity index (χ2v) is 6.26. The number of nitrogens with one attached hydrogen (secondary N) is 1. The zero-order valence-electron chi connectivity index (χ0n) is 13.2. The van der Waals surface area contributed by atoms with E-state index in [-0.39, 0.29) is 24.4 Å². The predicted molar refractivity (Wildman–Crippen MR) is 95.3 cm³/mol. The van der Waals surface area contributed by atoms with Gasteiger partial charge in [-0.1, -0.05) is 23.2 Å². The Morgan fingerprint density at radius 3 is 2.65 bits per heavy atom. The van der Waals surface area contributed by atoms with Crippen LogP contribution in [-0.4, -0.2) is 10.9 Å². The van der Waals surface area contributed by atoms with Gasteiger partial charge in [0.25, 0.3) is 0 Å². The summed E-state index contributed by atoms with van der Waals surface area (Å²) in [4.78, 5) is 16.0. The van der Waals surface area contributed by atoms with Crippen molar-refractivity contribution in [2.45, 2.75) is 12.8 Å². The molecule has 0 radical (unpaired) electrons. The van der Waals surface area contributed by atoms with Crippen LogP contribution < -0.4 is 5.32 Å². The maximum absolute atomic E-state index is 13.1. The highest BCUT2D eigenvalue weighted by Gasteiger charge is 2.12. The summed E-state index contributed by atoms with van der Waals surface area (Å²) in [6, 6.07) is 8.13. The monoisotopic (exact) mass is 396 g/mol. The molecule has 1 amide bonds. The molecule has 1 N–H and O–H groups in total. The van der Waals surface area contributed by atoms with E-state index >= 15 is 0 Å². The summed E-state index contributed by atoms with van der Waals surface area (Å²) in [5.74, 6) is -1.56. The zero-order chi connectivity index (χ0) is 18.7. The van der Waals surface area contributed by atoms with Crippen LogP contribution in [0.15, 0.2) is 47.0 Å². The number of benzene rings is 2. The van der Waals surface area contributed by atoms with E-state index in [1.54, 1.807) is 18.2 Å². The Kier molecular flexibility index (Phi) is 5.54. The normalized spacial score (nSPS) is 10.8. The molecule has 0 bridgehead atoms. The Balaban J connectivity index is 1.60. The minimum atomic E-state index is -1.03. The summed E-state index contributed by atoms with van der Waals surface area (Å²) < 4.78 is 31.6. The Morgan fingerprint density at radius 2 is 1.92 bits per heavy atom. The van der Waals surface area contributed by atoms with Crippen LogP contribution in [0.4, 0.5) is 14.5 Å². The Labute approximate surface area is 157 Å². The minimum Gasteiger partial charge on any atom is -0.441 e. The molecule has 0 aliphatic rings. The molecule has 2 aromatic carbocycles. The molecular formula is C18H12Cl2F2N2O2. The Bertz CT molecular complexity index is 960. The number of aromatic nitrogens is 1. The van der Waals surface area contributed by atoms with Gasteiger partial charge in [0.2, 0.25) is 5.91 Å². The number of aryl methyl sites for hydroxylation is 1. The maximum Gasteiger partial charge on any atom is 0.224 e. The molecule has 0 aliphatic carbocycles. The van der Waals surface area contributed by atoms with Crippen LogP contribution in [0, 0.1) is 11.6 Å². The van der Waals surface area contributed by atoms with Crippen LogP contribution in [0.5, 0.6) is 0 Å². The lowest BCUT2D eigenvalue weighted by atomic mass is 10.2. The largest absolute Gasteiger partial charge is 0.441 e. The number of hydrogen-bond acceptors (Lipinski definition) is 3. The van der Waals surface area contributed by atoms with E-state index in [1.807, 2.05) is 0 Å². The first-order chi connectivity index (χ1) is 12.4. The molecule has 0 atom stereocenters. The van der Waals surface area contributed by atoms with Gasteiger partial charge < -0.3 is 9.73 Å². The molecule has 1 aromatic heterocycles. The van der Waals surface area contributed by atoms with Crippen molar-refractivity contribution in [2.24, 2.45) is 0 Å². The number of amides is 1. The predicted octanol–water partition coefficient (Wildman–Crippen LogP) is 5.50. The number of rotatable bonds is 5. The number of nitrogens with zero attached hydrogens (tertiary/aromatic N) is 1. The summed E-state index contributed by atoms with van der Waals surface area (Å²) >= 11 is 12.0. The standard InChI is InChI=1S/C18H12Cl2F2N2O2/c19-10-1-3-12(13(20)7-10)16-9-23-18(26-16)6-5-17(25)24-11-2-4-14(21)15(22)8-11/h1-4,7-9H,5-6H2,(H,24,25). The Morgan fingerprint density at radius 1 is 1.12 bits per heavy atom. The molecule has 0 spiro atoms. The lowest BCUT2D eigenvalue weighted by Gasteiger charge is -2.04. The molecule has 0 saturated heterocycles. The molecule has 26 heavy (non-hydrogen) atoms. The Hall–Kier alpha value is -2.44. The van der Waals surface area contributed by atoms with Gasteiger partial charge in [-0.15, -0.1) is 0 Å². The van der Waals surface area contributed by atoms with Crippen molar-refractivity contribution in [3.05, 3.63) is 70.2 Å². The number of carbonyl (C=O) groups excluding carboxylic acids is 1. The van der Waals surface area contributed by atoms with E-state index < -0.39 is 11.6 Å². The molecule has 0 fully saturated rings. The molecule has 1 heterocycles. The van der Waals surface area contributed by atoms with Gasteiger partial charge in [0, 0.05) is 35.2 Å². The number of oxazole rings is 1. The van der Waals surface area contributed by atoms with Crippen molar-refractivity contribution in [3.8, 4) is 11.3 Å². The van der Waals surface area contributed by atoms with Crippen molar-refractivity contribution in [2.75, 3.05) is 5.32 Å². The number of halogens is 4. The summed E-state index contributed by atoms with van der Waals surface area (Å²) in [6.07, 6.45) is 1.81. The first kappa shape index (κ1) is 18.4. The van der Waals surface area contributed by atoms with Crippen LogP contribution >= 0.6 is 23.2 Å². The first-order valence-corrected chi connectivity index (χ1v) is 8.33. The highest BCUT2D eigenvalue weighted by Crippen LogP contribution is 2.30. The second-order valence-electron chi connectivity index (χ2n) is 5.42. The second kappa shape index (κ2) is 7.85. The lowest BCUT2D eigenvalue weighted by Crippen LogP contribution is -2.12. The third-order valence-corrected chi connectivity index (χ3v) is 4.07. The number of hydrogen-bond donors (Lipinski definition) is 1. The summed E-state index contributed by atoms with van der Waals surface area (Å²) in [7, 11) is 0.